The fourth-order valence-corrected chi connectivity index (χ4v) is 1.78. The van der Waals surface area contributed by atoms with Crippen molar-refractivity contribution in [2.45, 2.75) is 0 Å². The molecule has 0 bridgehead atoms. The Morgan fingerprint density at radius 2 is 1.91 bits per heavy atom. The van der Waals surface area contributed by atoms with E-state index in [-0.39, 0.29) is 11.4 Å². The first-order chi connectivity index (χ1) is 10.6. The van der Waals surface area contributed by atoms with Crippen LogP contribution < -0.4 is 5.32 Å². The van der Waals surface area contributed by atoms with Crippen LogP contribution in [-0.4, -0.2) is 10.8 Å². The molecule has 22 heavy (non-hydrogen) atoms. The Morgan fingerprint density at radius 1 is 1.18 bits per heavy atom. The molecule has 0 atom stereocenters. The lowest BCUT2D eigenvalue weighted by atomic mass is 10.1. The van der Waals surface area contributed by atoms with E-state index in [1.807, 2.05) is 6.07 Å². The van der Waals surface area contributed by atoms with Gasteiger partial charge in [0.1, 0.15) is 11.8 Å². The molecule has 0 fully saturated rings. The Bertz CT molecular complexity index is 777. The van der Waals surface area contributed by atoms with Crippen molar-refractivity contribution in [3.63, 3.8) is 0 Å². The maximum Gasteiger partial charge on any atom is 0.270 e. The SMILES string of the molecule is N#CC(=Cc1cccc([N+](=O)[O-])c1)NC(=O)c1ccccc1. The van der Waals surface area contributed by atoms with E-state index in [0.29, 0.717) is 11.1 Å². The molecule has 2 rings (SSSR count). The largest absolute Gasteiger partial charge is 0.313 e. The maximum atomic E-state index is 12.0. The second kappa shape index (κ2) is 6.81. The highest BCUT2D eigenvalue weighted by Crippen LogP contribution is 2.15. The van der Waals surface area contributed by atoms with Crippen molar-refractivity contribution in [3.05, 3.63) is 81.5 Å². The van der Waals surface area contributed by atoms with E-state index in [9.17, 15) is 14.9 Å². The molecule has 0 aromatic heterocycles. The average Bonchev–Trinajstić information content (AvgIpc) is 2.55. The zero-order chi connectivity index (χ0) is 15.9. The molecule has 1 N–H and O–H groups in total. The molecule has 0 aliphatic carbocycles. The normalized spacial score (nSPS) is 10.6. The monoisotopic (exact) mass is 293 g/mol. The molecule has 108 valence electrons. The second-order valence-electron chi connectivity index (χ2n) is 4.34. The second-order valence-corrected chi connectivity index (χ2v) is 4.34. The molecule has 0 unspecified atom stereocenters. The smallest absolute Gasteiger partial charge is 0.270 e. The molecule has 6 nitrogen and oxygen atoms in total. The quantitative estimate of drug-likeness (QED) is 0.532. The number of benzene rings is 2. The van der Waals surface area contributed by atoms with Crippen LogP contribution in [0.15, 0.2) is 60.3 Å². The van der Waals surface area contributed by atoms with Gasteiger partial charge in [-0.05, 0) is 23.8 Å². The van der Waals surface area contributed by atoms with Gasteiger partial charge in [0.05, 0.1) is 4.92 Å². The number of hydrogen-bond donors (Lipinski definition) is 1. The summed E-state index contributed by atoms with van der Waals surface area (Å²) in [5, 5.41) is 22.3. The summed E-state index contributed by atoms with van der Waals surface area (Å²) in [5.74, 6) is -0.418. The predicted molar refractivity (Wildman–Crippen MR) is 80.6 cm³/mol. The van der Waals surface area contributed by atoms with E-state index in [1.54, 1.807) is 36.4 Å². The van der Waals surface area contributed by atoms with E-state index in [2.05, 4.69) is 5.32 Å². The van der Waals surface area contributed by atoms with Crippen LogP contribution in [-0.2, 0) is 0 Å². The number of carbonyl (C=O) groups is 1. The Kier molecular flexibility index (Phi) is 4.63. The number of amides is 1. The van der Waals surface area contributed by atoms with Crippen LogP contribution >= 0.6 is 0 Å². The van der Waals surface area contributed by atoms with E-state index >= 15 is 0 Å². The Morgan fingerprint density at radius 3 is 2.55 bits per heavy atom. The van der Waals surface area contributed by atoms with Crippen LogP contribution in [0.25, 0.3) is 6.08 Å². The first-order valence-electron chi connectivity index (χ1n) is 6.33. The number of non-ortho nitro benzene ring substituents is 1. The van der Waals surface area contributed by atoms with Crippen molar-refractivity contribution >= 4 is 17.7 Å². The van der Waals surface area contributed by atoms with Gasteiger partial charge in [-0.2, -0.15) is 5.26 Å². The summed E-state index contributed by atoms with van der Waals surface area (Å²) in [6, 6.07) is 16.1. The minimum Gasteiger partial charge on any atom is -0.313 e. The zero-order valence-corrected chi connectivity index (χ0v) is 11.4. The first-order valence-corrected chi connectivity index (χ1v) is 6.33. The van der Waals surface area contributed by atoms with Gasteiger partial charge in [-0.15, -0.1) is 0 Å². The number of nitrogens with zero attached hydrogens (tertiary/aromatic N) is 2. The minimum atomic E-state index is -0.522. The van der Waals surface area contributed by atoms with Gasteiger partial charge >= 0.3 is 0 Å². The Hall–Kier alpha value is -3.46. The van der Waals surface area contributed by atoms with Crippen molar-refractivity contribution in [2.24, 2.45) is 0 Å². The topological polar surface area (TPSA) is 96.0 Å². The van der Waals surface area contributed by atoms with Gasteiger partial charge in [-0.25, -0.2) is 0 Å². The molecular weight excluding hydrogens is 282 g/mol. The molecule has 0 aliphatic rings. The third kappa shape index (κ3) is 3.77. The van der Waals surface area contributed by atoms with Gasteiger partial charge in [0, 0.05) is 17.7 Å². The number of nitro benzene ring substituents is 1. The van der Waals surface area contributed by atoms with Crippen molar-refractivity contribution in [3.8, 4) is 6.07 Å². The summed E-state index contributed by atoms with van der Waals surface area (Å²) in [4.78, 5) is 22.2. The van der Waals surface area contributed by atoms with E-state index in [0.717, 1.165) is 0 Å². The third-order valence-electron chi connectivity index (χ3n) is 2.80. The van der Waals surface area contributed by atoms with Crippen LogP contribution in [0, 0.1) is 21.4 Å². The van der Waals surface area contributed by atoms with Crippen molar-refractivity contribution in [1.82, 2.24) is 5.32 Å². The van der Waals surface area contributed by atoms with Crippen molar-refractivity contribution in [2.75, 3.05) is 0 Å². The van der Waals surface area contributed by atoms with Gasteiger partial charge in [-0.3, -0.25) is 14.9 Å². The lowest BCUT2D eigenvalue weighted by Crippen LogP contribution is -2.21. The van der Waals surface area contributed by atoms with E-state index in [1.165, 1.54) is 24.3 Å². The Labute approximate surface area is 126 Å². The number of rotatable bonds is 4. The van der Waals surface area contributed by atoms with Gasteiger partial charge in [0.2, 0.25) is 0 Å². The summed E-state index contributed by atoms with van der Waals surface area (Å²) in [6.07, 6.45) is 1.38. The number of carbonyl (C=O) groups excluding carboxylic acids is 1. The van der Waals surface area contributed by atoms with Gasteiger partial charge < -0.3 is 5.32 Å². The molecule has 2 aromatic carbocycles. The average molecular weight is 293 g/mol. The summed E-state index contributed by atoms with van der Waals surface area (Å²) in [6.45, 7) is 0. The van der Waals surface area contributed by atoms with Crippen LogP contribution in [0.5, 0.6) is 0 Å². The molecule has 2 aromatic rings. The minimum absolute atomic E-state index is 0.00866. The molecule has 6 heteroatoms. The molecular formula is C16H11N3O3. The third-order valence-corrected chi connectivity index (χ3v) is 2.80. The summed E-state index contributed by atoms with van der Waals surface area (Å²) in [5.41, 5.74) is 0.802. The van der Waals surface area contributed by atoms with Crippen LogP contribution in [0.4, 0.5) is 5.69 Å². The highest BCUT2D eigenvalue weighted by Gasteiger charge is 2.08. The van der Waals surface area contributed by atoms with Crippen LogP contribution in [0.2, 0.25) is 0 Å². The predicted octanol–water partition coefficient (Wildman–Crippen LogP) is 2.89. The summed E-state index contributed by atoms with van der Waals surface area (Å²) < 4.78 is 0. The lowest BCUT2D eigenvalue weighted by molar-refractivity contribution is -0.384. The maximum absolute atomic E-state index is 12.0. The first kappa shape index (κ1) is 14.9. The van der Waals surface area contributed by atoms with E-state index < -0.39 is 10.8 Å². The number of nitriles is 1. The van der Waals surface area contributed by atoms with Crippen LogP contribution in [0.1, 0.15) is 15.9 Å². The number of allylic oxidation sites excluding steroid dienone is 1. The molecule has 1 amide bonds. The number of hydrogen-bond acceptors (Lipinski definition) is 4. The molecule has 0 aliphatic heterocycles. The van der Waals surface area contributed by atoms with Crippen molar-refractivity contribution < 1.29 is 9.72 Å². The van der Waals surface area contributed by atoms with E-state index in [4.69, 9.17) is 5.26 Å². The van der Waals surface area contributed by atoms with Crippen molar-refractivity contribution in [1.29, 1.82) is 5.26 Å². The van der Waals surface area contributed by atoms with Crippen LogP contribution in [0.3, 0.4) is 0 Å². The molecule has 0 heterocycles. The number of nitro groups is 1. The fourth-order valence-electron chi connectivity index (χ4n) is 1.78. The summed E-state index contributed by atoms with van der Waals surface area (Å²) in [7, 11) is 0. The van der Waals surface area contributed by atoms with Gasteiger partial charge in [0.15, 0.2) is 0 Å². The highest BCUT2D eigenvalue weighted by atomic mass is 16.6. The number of nitrogens with one attached hydrogen (secondary N) is 1. The molecule has 0 spiro atoms. The summed E-state index contributed by atoms with van der Waals surface area (Å²) >= 11 is 0. The highest BCUT2D eigenvalue weighted by molar-refractivity contribution is 5.96. The molecule has 0 saturated heterocycles. The lowest BCUT2D eigenvalue weighted by Gasteiger charge is -2.03. The zero-order valence-electron chi connectivity index (χ0n) is 11.4. The standard InChI is InChI=1S/C16H11N3O3/c17-11-14(18-16(20)13-6-2-1-3-7-13)9-12-5-4-8-15(10-12)19(21)22/h1-10H,(H,18,20). The van der Waals surface area contributed by atoms with Gasteiger partial charge in [0.25, 0.3) is 11.6 Å². The molecule has 0 radical (unpaired) electrons. The Balaban J connectivity index is 2.22. The fraction of sp³-hybridized carbons (Fsp3) is 0. The van der Waals surface area contributed by atoms with Gasteiger partial charge in [-0.1, -0.05) is 30.3 Å². The molecule has 0 saturated carbocycles.